The van der Waals surface area contributed by atoms with Crippen molar-refractivity contribution in [2.24, 2.45) is 11.8 Å². The van der Waals surface area contributed by atoms with Gasteiger partial charge in [-0.2, -0.15) is 0 Å². The maximum absolute atomic E-state index is 5.87. The number of aromatic nitrogens is 2. The van der Waals surface area contributed by atoms with E-state index in [2.05, 4.69) is 33.1 Å². The predicted octanol–water partition coefficient (Wildman–Crippen LogP) is 2.89. The Kier molecular flexibility index (Phi) is 3.10. The first-order chi connectivity index (χ1) is 11.8. The van der Waals surface area contributed by atoms with Crippen molar-refractivity contribution in [2.45, 2.75) is 0 Å². The molecular weight excluding hydrogens is 300 g/mol. The molecule has 5 nitrogen and oxygen atoms in total. The van der Waals surface area contributed by atoms with Crippen molar-refractivity contribution in [3.8, 4) is 11.5 Å². The number of anilines is 1. The van der Waals surface area contributed by atoms with E-state index in [-0.39, 0.29) is 0 Å². The molecule has 122 valence electrons. The van der Waals surface area contributed by atoms with E-state index in [1.165, 1.54) is 13.1 Å². The van der Waals surface area contributed by atoms with Crippen molar-refractivity contribution in [3.63, 3.8) is 0 Å². The van der Waals surface area contributed by atoms with Crippen molar-refractivity contribution in [3.05, 3.63) is 42.5 Å². The molecule has 5 heteroatoms. The van der Waals surface area contributed by atoms with Gasteiger partial charge in [0.05, 0.1) is 0 Å². The highest BCUT2D eigenvalue weighted by Crippen LogP contribution is 2.33. The quantitative estimate of drug-likeness (QED) is 0.726. The van der Waals surface area contributed by atoms with Crippen LogP contribution in [0.5, 0.6) is 0 Å². The van der Waals surface area contributed by atoms with Crippen LogP contribution in [0, 0.1) is 11.8 Å². The van der Waals surface area contributed by atoms with E-state index in [1.54, 1.807) is 0 Å². The van der Waals surface area contributed by atoms with Crippen LogP contribution in [0.2, 0.25) is 0 Å². The summed E-state index contributed by atoms with van der Waals surface area (Å²) in [6.45, 7) is 4.58. The van der Waals surface area contributed by atoms with E-state index in [1.807, 2.05) is 36.4 Å². The normalized spacial score (nSPS) is 24.0. The van der Waals surface area contributed by atoms with Gasteiger partial charge in [-0.25, -0.2) is 0 Å². The van der Waals surface area contributed by atoms with E-state index in [0.29, 0.717) is 0 Å². The molecule has 0 radical (unpaired) electrons. The first-order valence-corrected chi connectivity index (χ1v) is 8.52. The molecule has 2 saturated heterocycles. The number of hydrogen-bond donors (Lipinski definition) is 0. The minimum absolute atomic E-state index is 0.770. The van der Waals surface area contributed by atoms with Crippen LogP contribution in [0.25, 0.3) is 22.4 Å². The molecule has 0 amide bonds. The number of nitrogens with zero attached hydrogens (tertiary/aromatic N) is 4. The highest BCUT2D eigenvalue weighted by Gasteiger charge is 2.39. The fourth-order valence-corrected chi connectivity index (χ4v) is 4.15. The smallest absolute Gasteiger partial charge is 0.155 e. The van der Waals surface area contributed by atoms with Gasteiger partial charge in [-0.15, -0.1) is 10.2 Å². The number of furan rings is 1. The van der Waals surface area contributed by atoms with Gasteiger partial charge in [-0.05, 0) is 43.1 Å². The van der Waals surface area contributed by atoms with Crippen LogP contribution < -0.4 is 4.90 Å². The highest BCUT2D eigenvalue weighted by molar-refractivity contribution is 5.82. The summed E-state index contributed by atoms with van der Waals surface area (Å²) in [6.07, 6.45) is 0. The van der Waals surface area contributed by atoms with Gasteiger partial charge in [0.1, 0.15) is 11.3 Å². The summed E-state index contributed by atoms with van der Waals surface area (Å²) in [5.74, 6) is 3.29. The molecule has 2 aliphatic rings. The zero-order valence-corrected chi connectivity index (χ0v) is 13.7. The fraction of sp³-hybridized carbons (Fsp3) is 0.368. The number of hydrogen-bond acceptors (Lipinski definition) is 5. The number of benzene rings is 1. The summed E-state index contributed by atoms with van der Waals surface area (Å²) in [5.41, 5.74) is 1.67. The number of para-hydroxylation sites is 1. The molecule has 0 N–H and O–H groups in total. The molecular formula is C19H20N4O. The predicted molar refractivity (Wildman–Crippen MR) is 93.9 cm³/mol. The van der Waals surface area contributed by atoms with Crippen LogP contribution >= 0.6 is 0 Å². The number of rotatable bonds is 2. The van der Waals surface area contributed by atoms with Gasteiger partial charge in [0.2, 0.25) is 0 Å². The van der Waals surface area contributed by atoms with Crippen LogP contribution in [0.3, 0.4) is 0 Å². The molecule has 1 aromatic carbocycles. The van der Waals surface area contributed by atoms with Crippen LogP contribution in [0.15, 0.2) is 46.9 Å². The Balaban J connectivity index is 1.38. The third-order valence-electron chi connectivity index (χ3n) is 5.32. The fourth-order valence-electron chi connectivity index (χ4n) is 4.15. The minimum atomic E-state index is 0.770. The summed E-state index contributed by atoms with van der Waals surface area (Å²) in [6, 6.07) is 14.1. The molecule has 2 aromatic heterocycles. The molecule has 0 saturated carbocycles. The van der Waals surface area contributed by atoms with E-state index >= 15 is 0 Å². The van der Waals surface area contributed by atoms with Crippen molar-refractivity contribution in [2.75, 3.05) is 38.1 Å². The summed E-state index contributed by atoms with van der Waals surface area (Å²) >= 11 is 0. The lowest BCUT2D eigenvalue weighted by atomic mass is 10.0. The first kappa shape index (κ1) is 14.0. The monoisotopic (exact) mass is 320 g/mol. The molecule has 2 aliphatic heterocycles. The topological polar surface area (TPSA) is 45.4 Å². The SMILES string of the molecule is CN1CC2CN(c3ccc(-c4cc5ccccc5o4)nn3)CC2C1. The second-order valence-corrected chi connectivity index (χ2v) is 7.07. The maximum atomic E-state index is 5.87. The first-order valence-electron chi connectivity index (χ1n) is 8.52. The summed E-state index contributed by atoms with van der Waals surface area (Å²) in [4.78, 5) is 4.81. The second kappa shape index (κ2) is 5.31. The van der Waals surface area contributed by atoms with E-state index in [4.69, 9.17) is 4.42 Å². The Morgan fingerprint density at radius 2 is 1.75 bits per heavy atom. The van der Waals surface area contributed by atoms with E-state index in [9.17, 15) is 0 Å². The number of likely N-dealkylation sites (tertiary alicyclic amines) is 1. The van der Waals surface area contributed by atoms with Gasteiger partial charge in [0.25, 0.3) is 0 Å². The van der Waals surface area contributed by atoms with Crippen molar-refractivity contribution < 1.29 is 4.42 Å². The number of fused-ring (bicyclic) bond motifs is 2. The van der Waals surface area contributed by atoms with Crippen LogP contribution in [-0.4, -0.2) is 48.3 Å². The van der Waals surface area contributed by atoms with Crippen LogP contribution in [-0.2, 0) is 0 Å². The third kappa shape index (κ3) is 2.27. The van der Waals surface area contributed by atoms with Crippen molar-refractivity contribution in [1.82, 2.24) is 15.1 Å². The zero-order chi connectivity index (χ0) is 16.1. The Bertz CT molecular complexity index is 825. The largest absolute Gasteiger partial charge is 0.454 e. The molecule has 0 bridgehead atoms. The lowest BCUT2D eigenvalue weighted by molar-refractivity contribution is 0.387. The molecule has 2 fully saturated rings. The summed E-state index contributed by atoms with van der Waals surface area (Å²) < 4.78 is 5.87. The molecule has 24 heavy (non-hydrogen) atoms. The summed E-state index contributed by atoms with van der Waals surface area (Å²) in [5, 5.41) is 9.95. The Morgan fingerprint density at radius 3 is 2.46 bits per heavy atom. The molecule has 5 rings (SSSR count). The van der Waals surface area contributed by atoms with Crippen LogP contribution in [0.4, 0.5) is 5.82 Å². The average molecular weight is 320 g/mol. The summed E-state index contributed by atoms with van der Waals surface area (Å²) in [7, 11) is 2.21. The molecule has 0 aliphatic carbocycles. The van der Waals surface area contributed by atoms with E-state index in [0.717, 1.165) is 53.2 Å². The molecule has 3 aromatic rings. The molecule has 2 atom stereocenters. The Hall–Kier alpha value is -2.40. The van der Waals surface area contributed by atoms with Gasteiger partial charge in [-0.1, -0.05) is 18.2 Å². The maximum Gasteiger partial charge on any atom is 0.155 e. The molecule has 2 unspecified atom stereocenters. The zero-order valence-electron chi connectivity index (χ0n) is 13.7. The van der Waals surface area contributed by atoms with Gasteiger partial charge in [0.15, 0.2) is 11.6 Å². The van der Waals surface area contributed by atoms with Crippen LogP contribution in [0.1, 0.15) is 0 Å². The molecule has 4 heterocycles. The van der Waals surface area contributed by atoms with Gasteiger partial charge >= 0.3 is 0 Å². The molecule has 0 spiro atoms. The van der Waals surface area contributed by atoms with Gasteiger partial charge in [0, 0.05) is 31.6 Å². The lowest BCUT2D eigenvalue weighted by Gasteiger charge is -2.19. The van der Waals surface area contributed by atoms with Crippen molar-refractivity contribution >= 4 is 16.8 Å². The highest BCUT2D eigenvalue weighted by atomic mass is 16.3. The van der Waals surface area contributed by atoms with Gasteiger partial charge < -0.3 is 14.2 Å². The van der Waals surface area contributed by atoms with Crippen molar-refractivity contribution in [1.29, 1.82) is 0 Å². The lowest BCUT2D eigenvalue weighted by Crippen LogP contribution is -2.27. The van der Waals surface area contributed by atoms with E-state index < -0.39 is 0 Å². The Morgan fingerprint density at radius 1 is 0.958 bits per heavy atom. The Labute approximate surface area is 140 Å². The van der Waals surface area contributed by atoms with Gasteiger partial charge in [-0.3, -0.25) is 0 Å². The standard InChI is InChI=1S/C19H20N4O/c1-22-9-14-11-23(12-15(14)10-22)19-7-6-16(20-21-19)18-8-13-4-2-3-5-17(13)24-18/h2-8,14-15H,9-12H2,1H3. The second-order valence-electron chi connectivity index (χ2n) is 7.07. The average Bonchev–Trinajstić information content (AvgIpc) is 3.26. The third-order valence-corrected chi connectivity index (χ3v) is 5.32. The minimum Gasteiger partial charge on any atom is -0.454 e.